The van der Waals surface area contributed by atoms with Gasteiger partial charge in [-0.05, 0) is 79.5 Å². The second-order valence-corrected chi connectivity index (χ2v) is 9.63. The Morgan fingerprint density at radius 3 is 2.58 bits per heavy atom. The van der Waals surface area contributed by atoms with Crippen LogP contribution in [0.5, 0.6) is 5.75 Å². The maximum absolute atomic E-state index is 11.8. The third-order valence-electron chi connectivity index (χ3n) is 7.22. The van der Waals surface area contributed by atoms with Gasteiger partial charge >= 0.3 is 11.9 Å². The van der Waals surface area contributed by atoms with Crippen LogP contribution in [0.25, 0.3) is 16.5 Å². The van der Waals surface area contributed by atoms with Crippen LogP contribution in [0.4, 0.5) is 0 Å². The number of rotatable bonds is 9. The Morgan fingerprint density at radius 1 is 1.00 bits per heavy atom. The van der Waals surface area contributed by atoms with Crippen LogP contribution in [-0.2, 0) is 11.2 Å². The number of hydrogen-bond donors (Lipinski definition) is 2. The van der Waals surface area contributed by atoms with E-state index < -0.39 is 11.9 Å². The third-order valence-corrected chi connectivity index (χ3v) is 7.22. The Bertz CT molecular complexity index is 1480. The minimum Gasteiger partial charge on any atom is -0.494 e. The molecule has 1 aliphatic rings. The van der Waals surface area contributed by atoms with E-state index in [1.807, 2.05) is 12.1 Å². The number of aromatic nitrogens is 1. The number of carboxylic acid groups (broad SMARTS) is 1. The summed E-state index contributed by atoms with van der Waals surface area (Å²) >= 11 is 0. The van der Waals surface area contributed by atoms with Crippen molar-refractivity contribution in [2.24, 2.45) is 0 Å². The minimum atomic E-state index is -0.935. The molecule has 6 heteroatoms. The fourth-order valence-electron chi connectivity index (χ4n) is 5.30. The molecule has 1 unspecified atom stereocenters. The van der Waals surface area contributed by atoms with E-state index in [0.717, 1.165) is 48.7 Å². The number of methoxy groups -OCH3 is 1. The van der Waals surface area contributed by atoms with Gasteiger partial charge in [0.15, 0.2) is 0 Å². The SMILES string of the molecule is COC(=O)c1cccc(OCCCc2[nH]c3cc(C(=O)O)ccc3c2C2=CCC(c3ccccc3)CC2)c1. The minimum absolute atomic E-state index is 0.271. The Kier molecular flexibility index (Phi) is 7.59. The number of aromatic carboxylic acids is 1. The molecule has 38 heavy (non-hydrogen) atoms. The topological polar surface area (TPSA) is 88.6 Å². The molecule has 0 saturated carbocycles. The summed E-state index contributed by atoms with van der Waals surface area (Å²) in [6, 6.07) is 23.0. The molecule has 0 amide bonds. The van der Waals surface area contributed by atoms with Gasteiger partial charge in [0.05, 0.1) is 24.8 Å². The zero-order valence-corrected chi connectivity index (χ0v) is 21.4. The molecule has 1 heterocycles. The van der Waals surface area contributed by atoms with Crippen LogP contribution >= 0.6 is 0 Å². The van der Waals surface area contributed by atoms with Crippen molar-refractivity contribution in [3.63, 3.8) is 0 Å². The van der Waals surface area contributed by atoms with Crippen molar-refractivity contribution in [1.29, 1.82) is 0 Å². The summed E-state index contributed by atoms with van der Waals surface area (Å²) in [6.07, 6.45) is 6.90. The number of H-pyrrole nitrogens is 1. The van der Waals surface area contributed by atoms with Crippen LogP contribution in [0, 0.1) is 0 Å². The summed E-state index contributed by atoms with van der Waals surface area (Å²) < 4.78 is 10.7. The number of aryl methyl sites for hydroxylation is 1. The van der Waals surface area contributed by atoms with Gasteiger partial charge in [-0.1, -0.05) is 48.5 Å². The van der Waals surface area contributed by atoms with Gasteiger partial charge in [-0.3, -0.25) is 0 Å². The fraction of sp³-hybridized carbons (Fsp3) is 0.250. The lowest BCUT2D eigenvalue weighted by molar-refractivity contribution is 0.0599. The summed E-state index contributed by atoms with van der Waals surface area (Å²) in [5.41, 5.74) is 6.54. The zero-order valence-electron chi connectivity index (χ0n) is 21.4. The van der Waals surface area contributed by atoms with E-state index in [1.54, 1.807) is 30.3 Å². The molecule has 1 aromatic heterocycles. The van der Waals surface area contributed by atoms with E-state index in [2.05, 4.69) is 41.4 Å². The van der Waals surface area contributed by atoms with Crippen molar-refractivity contribution in [3.05, 3.63) is 107 Å². The highest BCUT2D eigenvalue weighted by molar-refractivity contribution is 5.99. The number of hydrogen-bond acceptors (Lipinski definition) is 4. The van der Waals surface area contributed by atoms with Gasteiger partial charge in [-0.2, -0.15) is 0 Å². The van der Waals surface area contributed by atoms with Gasteiger partial charge in [0.2, 0.25) is 0 Å². The lowest BCUT2D eigenvalue weighted by Crippen LogP contribution is -2.06. The number of carboxylic acids is 1. The molecule has 0 aliphatic heterocycles. The largest absolute Gasteiger partial charge is 0.494 e. The van der Waals surface area contributed by atoms with E-state index in [-0.39, 0.29) is 5.56 Å². The van der Waals surface area contributed by atoms with Gasteiger partial charge in [-0.25, -0.2) is 9.59 Å². The molecular formula is C32H31NO5. The maximum Gasteiger partial charge on any atom is 0.337 e. The van der Waals surface area contributed by atoms with E-state index in [9.17, 15) is 14.7 Å². The second-order valence-electron chi connectivity index (χ2n) is 9.63. The molecule has 2 N–H and O–H groups in total. The van der Waals surface area contributed by atoms with Gasteiger partial charge in [0.1, 0.15) is 5.75 Å². The lowest BCUT2D eigenvalue weighted by Gasteiger charge is -2.23. The first kappa shape index (κ1) is 25.3. The monoisotopic (exact) mass is 509 g/mol. The number of nitrogens with one attached hydrogen (secondary N) is 1. The number of fused-ring (bicyclic) bond motifs is 1. The van der Waals surface area contributed by atoms with Crippen molar-refractivity contribution in [1.82, 2.24) is 4.98 Å². The van der Waals surface area contributed by atoms with Gasteiger partial charge in [0, 0.05) is 22.2 Å². The van der Waals surface area contributed by atoms with E-state index in [0.29, 0.717) is 23.8 Å². The number of allylic oxidation sites excluding steroid dienone is 2. The summed E-state index contributed by atoms with van der Waals surface area (Å²) in [5.74, 6) is -0.192. The average Bonchev–Trinajstić information content (AvgIpc) is 3.33. The molecule has 0 radical (unpaired) electrons. The molecule has 0 saturated heterocycles. The summed E-state index contributed by atoms with van der Waals surface area (Å²) in [7, 11) is 1.36. The van der Waals surface area contributed by atoms with Crippen LogP contribution in [0.2, 0.25) is 0 Å². The van der Waals surface area contributed by atoms with Crippen LogP contribution in [0.1, 0.15) is 69.1 Å². The van der Waals surface area contributed by atoms with Crippen molar-refractivity contribution in [3.8, 4) is 5.75 Å². The Labute approximate surface area is 221 Å². The fourth-order valence-corrected chi connectivity index (χ4v) is 5.30. The third kappa shape index (κ3) is 5.49. The van der Waals surface area contributed by atoms with Crippen molar-refractivity contribution < 1.29 is 24.2 Å². The molecule has 0 spiro atoms. The van der Waals surface area contributed by atoms with Crippen LogP contribution in [0.3, 0.4) is 0 Å². The zero-order chi connectivity index (χ0) is 26.5. The number of ether oxygens (including phenoxy) is 2. The quantitative estimate of drug-likeness (QED) is 0.187. The molecule has 0 fully saturated rings. The molecule has 5 rings (SSSR count). The molecule has 1 atom stereocenters. The molecule has 6 nitrogen and oxygen atoms in total. The number of carbonyl (C=O) groups excluding carboxylic acids is 1. The Morgan fingerprint density at radius 2 is 1.84 bits per heavy atom. The van der Waals surface area contributed by atoms with E-state index in [4.69, 9.17) is 9.47 Å². The normalized spacial score (nSPS) is 15.2. The standard InChI is InChI=1S/C32H31NO5/c1-37-32(36)25-9-5-10-26(19-25)38-18-6-11-28-30(27-17-16-24(31(34)35)20-29(27)33-28)23-14-12-22(13-15-23)21-7-3-2-4-8-21/h2-5,7-10,14,16-17,19-20,22,33H,6,11-13,15,18H2,1H3,(H,34,35). The smallest absolute Gasteiger partial charge is 0.337 e. The number of benzene rings is 3. The van der Waals surface area contributed by atoms with Gasteiger partial charge < -0.3 is 19.6 Å². The van der Waals surface area contributed by atoms with E-state index in [1.165, 1.54) is 23.8 Å². The highest BCUT2D eigenvalue weighted by atomic mass is 16.5. The maximum atomic E-state index is 11.8. The molecule has 0 bridgehead atoms. The predicted octanol–water partition coefficient (Wildman–Crippen LogP) is 7.02. The summed E-state index contributed by atoms with van der Waals surface area (Å²) in [6.45, 7) is 0.481. The van der Waals surface area contributed by atoms with Crippen molar-refractivity contribution in [2.75, 3.05) is 13.7 Å². The molecule has 194 valence electrons. The van der Waals surface area contributed by atoms with Crippen LogP contribution < -0.4 is 4.74 Å². The first-order valence-corrected chi connectivity index (χ1v) is 13.0. The first-order chi connectivity index (χ1) is 18.5. The summed E-state index contributed by atoms with van der Waals surface area (Å²) in [5, 5.41) is 10.5. The molecule has 3 aromatic carbocycles. The Balaban J connectivity index is 1.35. The highest BCUT2D eigenvalue weighted by Crippen LogP contribution is 2.40. The van der Waals surface area contributed by atoms with E-state index >= 15 is 0 Å². The number of aromatic amines is 1. The molecule has 1 aliphatic carbocycles. The highest BCUT2D eigenvalue weighted by Gasteiger charge is 2.22. The first-order valence-electron chi connectivity index (χ1n) is 13.0. The lowest BCUT2D eigenvalue weighted by atomic mass is 9.82. The predicted molar refractivity (Wildman–Crippen MR) is 148 cm³/mol. The second kappa shape index (κ2) is 11.4. The van der Waals surface area contributed by atoms with Crippen molar-refractivity contribution >= 4 is 28.4 Å². The average molecular weight is 510 g/mol. The Hall–Kier alpha value is -4.32. The molecular weight excluding hydrogens is 478 g/mol. The number of esters is 1. The molecule has 4 aromatic rings. The van der Waals surface area contributed by atoms with Crippen molar-refractivity contribution in [2.45, 2.75) is 38.0 Å². The van der Waals surface area contributed by atoms with Crippen LogP contribution in [-0.4, -0.2) is 35.7 Å². The van der Waals surface area contributed by atoms with Gasteiger partial charge in [0.25, 0.3) is 0 Å². The summed E-state index contributed by atoms with van der Waals surface area (Å²) in [4.78, 5) is 26.9. The van der Waals surface area contributed by atoms with Crippen LogP contribution in [0.15, 0.2) is 78.9 Å². The van der Waals surface area contributed by atoms with Gasteiger partial charge in [-0.15, -0.1) is 0 Å². The number of carbonyl (C=O) groups is 2.